The number of aromatic amines is 3. The number of para-hydroxylation sites is 1. The van der Waals surface area contributed by atoms with Gasteiger partial charge < -0.3 is 36.6 Å². The molecule has 4 aromatic rings. The molecular weight excluding hydrogens is 567 g/mol. The Labute approximate surface area is 238 Å². The Balaban J connectivity index is 0.00000280. The average Bonchev–Trinajstić information content (AvgIpc) is 3.56. The van der Waals surface area contributed by atoms with Crippen molar-refractivity contribution >= 4 is 76.5 Å². The molecule has 40 heavy (non-hydrogen) atoms. The number of nitro benzene ring substituents is 1. The number of nitrogens with two attached hydrogens (primary N) is 1. The number of fused-ring (bicyclic) bond motifs is 1. The topological polar surface area (TPSA) is 241 Å². The summed E-state index contributed by atoms with van der Waals surface area (Å²) >= 11 is 0. The van der Waals surface area contributed by atoms with Crippen LogP contribution in [0.25, 0.3) is 11.0 Å². The van der Waals surface area contributed by atoms with Crippen molar-refractivity contribution in [2.75, 3.05) is 17.2 Å². The number of benzene rings is 1. The predicted molar refractivity (Wildman–Crippen MR) is 153 cm³/mol. The van der Waals surface area contributed by atoms with Gasteiger partial charge in [0.2, 0.25) is 0 Å². The summed E-state index contributed by atoms with van der Waals surface area (Å²) in [6.45, 7) is 3.49. The van der Waals surface area contributed by atoms with Gasteiger partial charge in [0, 0.05) is 42.6 Å². The lowest BCUT2D eigenvalue weighted by Crippen LogP contribution is -2.28. The van der Waals surface area contributed by atoms with Gasteiger partial charge in [-0.1, -0.05) is 6.07 Å². The van der Waals surface area contributed by atoms with E-state index in [-0.39, 0.29) is 72.0 Å². The quantitative estimate of drug-likeness (QED) is 0.0623. The highest BCUT2D eigenvalue weighted by Gasteiger charge is 2.22. The molecule has 0 bridgehead atoms. The van der Waals surface area contributed by atoms with Gasteiger partial charge in [-0.15, -0.1) is 24.8 Å². The molecule has 3 amide bonds. The van der Waals surface area contributed by atoms with Crippen molar-refractivity contribution in [3.05, 3.63) is 69.0 Å². The van der Waals surface area contributed by atoms with Crippen LogP contribution in [0.4, 0.5) is 17.1 Å². The molecule has 212 valence electrons. The molecule has 3 heterocycles. The zero-order valence-corrected chi connectivity index (χ0v) is 22.8. The van der Waals surface area contributed by atoms with Crippen LogP contribution >= 0.6 is 24.8 Å². The minimum Gasteiger partial charge on any atom is -0.388 e. The fraction of sp³-hybridized carbons (Fsp3) is 0.174. The summed E-state index contributed by atoms with van der Waals surface area (Å²) in [6.07, 6.45) is 3.14. The molecule has 1 aromatic carbocycles. The number of carbonyl (C=O) groups excluding carboxylic acids is 3. The van der Waals surface area contributed by atoms with E-state index in [0.29, 0.717) is 28.0 Å². The summed E-state index contributed by atoms with van der Waals surface area (Å²) in [5.41, 5.74) is 7.52. The van der Waals surface area contributed by atoms with Crippen LogP contribution in [-0.2, 0) is 0 Å². The molecule has 0 atom stereocenters. The Morgan fingerprint density at radius 1 is 1.00 bits per heavy atom. The van der Waals surface area contributed by atoms with Gasteiger partial charge in [-0.3, -0.25) is 29.9 Å². The molecule has 0 aliphatic rings. The fourth-order valence-electron chi connectivity index (χ4n) is 3.76. The molecule has 0 spiro atoms. The van der Waals surface area contributed by atoms with E-state index in [1.807, 2.05) is 0 Å². The smallest absolute Gasteiger partial charge is 0.297 e. The maximum atomic E-state index is 12.9. The molecule has 0 saturated heterocycles. The van der Waals surface area contributed by atoms with E-state index < -0.39 is 22.6 Å². The molecule has 0 radical (unpaired) electrons. The number of non-ortho nitro benzene ring substituents is 1. The van der Waals surface area contributed by atoms with Crippen molar-refractivity contribution < 1.29 is 19.3 Å². The summed E-state index contributed by atoms with van der Waals surface area (Å²) < 4.78 is 0. The Kier molecular flexibility index (Phi) is 10.0. The second-order valence-corrected chi connectivity index (χ2v) is 8.36. The van der Waals surface area contributed by atoms with Crippen molar-refractivity contribution in [1.82, 2.24) is 25.3 Å². The van der Waals surface area contributed by atoms with Crippen molar-refractivity contribution in [3.63, 3.8) is 0 Å². The highest BCUT2D eigenvalue weighted by molar-refractivity contribution is 6.09. The van der Waals surface area contributed by atoms with Crippen LogP contribution in [0, 0.1) is 29.4 Å². The predicted octanol–water partition coefficient (Wildman–Crippen LogP) is 3.15. The second kappa shape index (κ2) is 12.8. The molecule has 0 unspecified atom stereocenters. The van der Waals surface area contributed by atoms with Crippen LogP contribution in [0.1, 0.15) is 49.1 Å². The standard InChI is InChI=1S/C23H24N10O5.2ClH/c1-10-13(8-27-17(10)21(34)26-7-6-16(24)25)30-22(35)18-11(2)14(9-28-18)31-23(36)20-29-12-4-3-5-15(33(37)38)19(12)32-20;;/h3-5,8-9,27-28H,6-7H2,1-2H3,(H3,24,25)(H,26,34)(H,29,32)(H,30,35)(H,31,36);2*1H. The average molecular weight is 593 g/mol. The van der Waals surface area contributed by atoms with E-state index in [1.165, 1.54) is 24.5 Å². The number of amidine groups is 1. The number of anilines is 2. The molecule has 0 aliphatic carbocycles. The zero-order chi connectivity index (χ0) is 27.6. The number of imidazole rings is 1. The highest BCUT2D eigenvalue weighted by atomic mass is 35.5. The summed E-state index contributed by atoms with van der Waals surface area (Å²) in [7, 11) is 0. The Bertz CT molecular complexity index is 1610. The normalized spacial score (nSPS) is 10.2. The third-order valence-corrected chi connectivity index (χ3v) is 5.81. The van der Waals surface area contributed by atoms with Crippen molar-refractivity contribution in [3.8, 4) is 0 Å². The van der Waals surface area contributed by atoms with Crippen LogP contribution in [0.15, 0.2) is 30.6 Å². The Hall–Kier alpha value is -4.89. The van der Waals surface area contributed by atoms with Gasteiger partial charge in [0.15, 0.2) is 11.3 Å². The third kappa shape index (κ3) is 6.39. The molecule has 9 N–H and O–H groups in total. The number of carbonyl (C=O) groups is 3. The largest absolute Gasteiger partial charge is 0.388 e. The first-order valence-electron chi connectivity index (χ1n) is 11.3. The SMILES string of the molecule is Cc1c(NC(=O)c2nc3c([N+](=O)[O-])cccc3[nH]2)c[nH]c1C(=O)Nc1c[nH]c(C(=O)NCCC(=N)N)c1C.Cl.Cl. The lowest BCUT2D eigenvalue weighted by molar-refractivity contribution is -0.383. The van der Waals surface area contributed by atoms with Gasteiger partial charge in [0.05, 0.1) is 27.7 Å². The van der Waals surface area contributed by atoms with Crippen LogP contribution < -0.4 is 21.7 Å². The molecule has 0 aliphatic heterocycles. The number of amides is 3. The van der Waals surface area contributed by atoms with Crippen molar-refractivity contribution in [2.24, 2.45) is 5.73 Å². The monoisotopic (exact) mass is 592 g/mol. The van der Waals surface area contributed by atoms with E-state index in [4.69, 9.17) is 11.1 Å². The number of nitro groups is 1. The highest BCUT2D eigenvalue weighted by Crippen LogP contribution is 2.25. The second-order valence-electron chi connectivity index (χ2n) is 8.36. The molecule has 4 rings (SSSR count). The van der Waals surface area contributed by atoms with Crippen LogP contribution in [0.2, 0.25) is 0 Å². The lowest BCUT2D eigenvalue weighted by Gasteiger charge is -2.07. The summed E-state index contributed by atoms with van der Waals surface area (Å²) in [4.78, 5) is 61.1. The number of aromatic nitrogens is 4. The fourth-order valence-corrected chi connectivity index (χ4v) is 3.76. The molecule has 0 saturated carbocycles. The van der Waals surface area contributed by atoms with Crippen LogP contribution in [0.5, 0.6) is 0 Å². The maximum absolute atomic E-state index is 12.9. The minimum atomic E-state index is -0.647. The van der Waals surface area contributed by atoms with Crippen LogP contribution in [-0.4, -0.2) is 55.0 Å². The van der Waals surface area contributed by atoms with Gasteiger partial charge in [0.25, 0.3) is 23.4 Å². The van der Waals surface area contributed by atoms with Crippen LogP contribution in [0.3, 0.4) is 0 Å². The minimum absolute atomic E-state index is 0. The first-order chi connectivity index (χ1) is 18.1. The van der Waals surface area contributed by atoms with E-state index in [0.717, 1.165) is 0 Å². The molecule has 0 fully saturated rings. The maximum Gasteiger partial charge on any atom is 0.297 e. The van der Waals surface area contributed by atoms with E-state index in [1.54, 1.807) is 19.9 Å². The summed E-state index contributed by atoms with van der Waals surface area (Å²) in [6, 6.07) is 4.35. The van der Waals surface area contributed by atoms with E-state index in [2.05, 4.69) is 35.9 Å². The van der Waals surface area contributed by atoms with Gasteiger partial charge in [-0.2, -0.15) is 0 Å². The molecule has 15 nitrogen and oxygen atoms in total. The summed E-state index contributed by atoms with van der Waals surface area (Å²) in [5, 5.41) is 26.4. The third-order valence-electron chi connectivity index (χ3n) is 5.81. The lowest BCUT2D eigenvalue weighted by atomic mass is 10.2. The Morgan fingerprint density at radius 2 is 1.57 bits per heavy atom. The van der Waals surface area contributed by atoms with E-state index in [9.17, 15) is 24.5 Å². The summed E-state index contributed by atoms with van der Waals surface area (Å²) in [5.74, 6) is -1.72. The van der Waals surface area contributed by atoms with Gasteiger partial charge >= 0.3 is 0 Å². The van der Waals surface area contributed by atoms with Gasteiger partial charge in [0.1, 0.15) is 11.4 Å². The van der Waals surface area contributed by atoms with Gasteiger partial charge in [-0.25, -0.2) is 4.98 Å². The Morgan fingerprint density at radius 3 is 2.15 bits per heavy atom. The number of hydrogen-bond donors (Lipinski definition) is 8. The first-order valence-corrected chi connectivity index (χ1v) is 11.3. The number of nitrogens with one attached hydrogen (secondary N) is 7. The number of H-pyrrole nitrogens is 3. The van der Waals surface area contributed by atoms with E-state index >= 15 is 0 Å². The molecule has 17 heteroatoms. The molecule has 3 aromatic heterocycles. The number of hydrogen-bond acceptors (Lipinski definition) is 7. The van der Waals surface area contributed by atoms with Crippen molar-refractivity contribution in [2.45, 2.75) is 20.3 Å². The zero-order valence-electron chi connectivity index (χ0n) is 21.1. The van der Waals surface area contributed by atoms with Gasteiger partial charge in [-0.05, 0) is 19.9 Å². The first kappa shape index (κ1) is 31.3. The molecular formula is C23H26Cl2N10O5. The number of halogens is 2. The number of rotatable bonds is 9. The number of nitrogens with zero attached hydrogens (tertiary/aromatic N) is 2. The van der Waals surface area contributed by atoms with Crippen molar-refractivity contribution in [1.29, 1.82) is 5.41 Å².